The van der Waals surface area contributed by atoms with Crippen LogP contribution in [0.2, 0.25) is 0 Å². The Morgan fingerprint density at radius 2 is 0.473 bits per heavy atom. The van der Waals surface area contributed by atoms with Crippen molar-refractivity contribution in [2.75, 3.05) is 39.6 Å². The van der Waals surface area contributed by atoms with E-state index in [0.29, 0.717) is 74.1 Å². The summed E-state index contributed by atoms with van der Waals surface area (Å²) in [5, 5.41) is 62.2. The Balaban J connectivity index is 0.000000112. The topological polar surface area (TPSA) is 232 Å². The molecular formula is C130H152O18. The number of aryl methyl sites for hydroxylation is 7. The highest BCUT2D eigenvalue weighted by Crippen LogP contribution is 2.54. The number of hydrogen-bond donors (Lipinski definition) is 6. The smallest absolute Gasteiger partial charge is 0.129 e. The van der Waals surface area contributed by atoms with Crippen molar-refractivity contribution in [1.82, 2.24) is 0 Å². The maximum atomic E-state index is 10.6. The molecule has 0 saturated heterocycles. The molecular weight excluding hydrogens is 1850 g/mol. The molecule has 0 radical (unpaired) electrons. The molecule has 24 rings (SSSR count). The zero-order valence-corrected chi connectivity index (χ0v) is 90.6. The Labute approximate surface area is 875 Å². The standard InChI is InChI=1S/C23H28O3.2C22H26O3.3C21H24O3/c1-4-5-15-6-8-18(20(24)12-15)17-13-16-7-9-21-19(22(16)25-14-17)10-11-23(2,3)26-21;1-13-5-7-17(20(23)14(13)2)16-11-15-6-8-19-18(21(15)24-12-16)9-10-22(3,4)25-19;1-13-9-18(19(23)10-14(13)2)16-11-15-5-6-20-17(21(15)24-12-16)7-8-22(3,4)25-20;3*1-13-4-6-16(18(22)10-13)15-11-14-5-7-19-17(20(14)23-12-15)8-9-21(2,3)24-19/h6-9,12,17,24H,4-5,10-11,13-14H2,1-3H3;5-8,16,23H,9-12H2,1-4H3;5-6,9-10,16,23H,7-8,11-12H2,1-4H3;3*4-7,10,15,22H,8-9,11-12H2,1-3H3. The molecule has 12 aromatic carbocycles. The predicted octanol–water partition coefficient (Wildman–Crippen LogP) is 28.4. The Morgan fingerprint density at radius 1 is 0.243 bits per heavy atom. The molecule has 0 bridgehead atoms. The van der Waals surface area contributed by atoms with Crippen LogP contribution in [0.1, 0.15) is 315 Å². The molecule has 0 fully saturated rings. The molecule has 12 aliphatic rings. The van der Waals surface area contributed by atoms with E-state index in [9.17, 15) is 30.6 Å². The van der Waals surface area contributed by atoms with E-state index in [1.807, 2.05) is 114 Å². The third kappa shape index (κ3) is 22.5. The maximum Gasteiger partial charge on any atom is 0.129 e. The van der Waals surface area contributed by atoms with Crippen molar-refractivity contribution in [3.05, 3.63) is 315 Å². The minimum Gasteiger partial charge on any atom is -0.508 e. The van der Waals surface area contributed by atoms with Crippen molar-refractivity contribution in [3.8, 4) is 103 Å². The second-order valence-corrected chi connectivity index (χ2v) is 47.4. The molecule has 18 nitrogen and oxygen atoms in total. The number of rotatable bonds is 8. The van der Waals surface area contributed by atoms with Crippen LogP contribution in [0.3, 0.4) is 0 Å². The highest BCUT2D eigenvalue weighted by atomic mass is 16.5. The van der Waals surface area contributed by atoms with Gasteiger partial charge in [-0.2, -0.15) is 0 Å². The molecule has 0 aliphatic carbocycles. The largest absolute Gasteiger partial charge is 0.508 e. The average Bonchev–Trinajstić information content (AvgIpc) is 0.797. The predicted molar refractivity (Wildman–Crippen MR) is 584 cm³/mol. The summed E-state index contributed by atoms with van der Waals surface area (Å²) in [4.78, 5) is 0. The van der Waals surface area contributed by atoms with Gasteiger partial charge in [0.25, 0.3) is 0 Å². The quantitative estimate of drug-likeness (QED) is 0.0830. The van der Waals surface area contributed by atoms with Crippen molar-refractivity contribution < 1.29 is 87.5 Å². The first kappa shape index (κ1) is 104. The molecule has 0 aromatic heterocycles. The zero-order valence-electron chi connectivity index (χ0n) is 90.6. The van der Waals surface area contributed by atoms with Crippen molar-refractivity contribution in [2.24, 2.45) is 0 Å². The molecule has 148 heavy (non-hydrogen) atoms. The maximum absolute atomic E-state index is 10.6. The van der Waals surface area contributed by atoms with Crippen LogP contribution < -0.4 is 56.8 Å². The number of aromatic hydroxyl groups is 6. The fourth-order valence-electron chi connectivity index (χ4n) is 23.6. The minimum absolute atomic E-state index is 0.105. The van der Waals surface area contributed by atoms with Crippen LogP contribution in [-0.2, 0) is 83.5 Å². The van der Waals surface area contributed by atoms with E-state index in [2.05, 4.69) is 194 Å². The summed E-state index contributed by atoms with van der Waals surface area (Å²) in [6, 6.07) is 57.1. The van der Waals surface area contributed by atoms with Gasteiger partial charge in [-0.3, -0.25) is 0 Å². The van der Waals surface area contributed by atoms with E-state index >= 15 is 0 Å². The van der Waals surface area contributed by atoms with Crippen LogP contribution in [-0.4, -0.2) is 104 Å². The fourth-order valence-corrected chi connectivity index (χ4v) is 23.6. The number of fused-ring (bicyclic) bond motifs is 18. The van der Waals surface area contributed by atoms with Gasteiger partial charge in [0.05, 0.1) is 39.6 Å². The second-order valence-electron chi connectivity index (χ2n) is 47.4. The molecule has 0 saturated carbocycles. The summed E-state index contributed by atoms with van der Waals surface area (Å²) >= 11 is 0. The Hall–Kier alpha value is -13.0. The van der Waals surface area contributed by atoms with Gasteiger partial charge in [0, 0.05) is 102 Å². The van der Waals surface area contributed by atoms with Crippen molar-refractivity contribution in [1.29, 1.82) is 0 Å². The van der Waals surface area contributed by atoms with Crippen LogP contribution in [0.15, 0.2) is 170 Å². The first-order valence-corrected chi connectivity index (χ1v) is 54.0. The molecule has 6 atom stereocenters. The van der Waals surface area contributed by atoms with Gasteiger partial charge in [-0.1, -0.05) is 116 Å². The lowest BCUT2D eigenvalue weighted by atomic mass is 9.85. The number of hydrogen-bond acceptors (Lipinski definition) is 18. The lowest BCUT2D eigenvalue weighted by Gasteiger charge is -2.36. The third-order valence-corrected chi connectivity index (χ3v) is 32.6. The lowest BCUT2D eigenvalue weighted by Crippen LogP contribution is -2.33. The zero-order chi connectivity index (χ0) is 105. The Morgan fingerprint density at radius 3 is 0.730 bits per heavy atom. The van der Waals surface area contributed by atoms with Crippen LogP contribution in [0.5, 0.6) is 103 Å². The molecule has 12 aromatic rings. The summed E-state index contributed by atoms with van der Waals surface area (Å²) in [6.07, 6.45) is 19.4. The molecule has 12 heterocycles. The minimum atomic E-state index is -0.107. The molecule has 12 aliphatic heterocycles. The average molecular weight is 2000 g/mol. The Kier molecular flexibility index (Phi) is 29.1. The van der Waals surface area contributed by atoms with E-state index in [1.165, 1.54) is 77.9 Å². The van der Waals surface area contributed by atoms with Crippen molar-refractivity contribution in [3.63, 3.8) is 0 Å². The van der Waals surface area contributed by atoms with Gasteiger partial charge < -0.3 is 87.5 Å². The van der Waals surface area contributed by atoms with Crippen LogP contribution in [0.4, 0.5) is 0 Å². The third-order valence-electron chi connectivity index (χ3n) is 32.6. The summed E-state index contributed by atoms with van der Waals surface area (Å²) in [5.74, 6) is 15.2. The van der Waals surface area contributed by atoms with Gasteiger partial charge in [0.1, 0.15) is 137 Å². The van der Waals surface area contributed by atoms with Gasteiger partial charge in [0.2, 0.25) is 0 Å². The summed E-state index contributed by atoms with van der Waals surface area (Å²) in [5.41, 5.74) is 28.6. The van der Waals surface area contributed by atoms with Crippen LogP contribution in [0, 0.1) is 48.5 Å². The summed E-state index contributed by atoms with van der Waals surface area (Å²) in [7, 11) is 0. The number of benzene rings is 12. The summed E-state index contributed by atoms with van der Waals surface area (Å²) in [6.45, 7) is 45.4. The molecule has 0 amide bonds. The normalized spacial score (nSPS) is 21.0. The molecule has 6 unspecified atom stereocenters. The number of phenols is 6. The molecule has 18 heteroatoms. The van der Waals surface area contributed by atoms with Crippen molar-refractivity contribution >= 4 is 0 Å². The van der Waals surface area contributed by atoms with Gasteiger partial charge in [0.15, 0.2) is 0 Å². The SMILES string of the molecule is CCCc1ccc(C2COc3c(ccc4c3CCC(C)(C)O4)C2)c(O)c1.Cc1cc(O)c(C2COc3c(ccc4c3CCC(C)(C)O4)C2)cc1C.Cc1ccc(C2COc3c(ccc4c3CCC(C)(C)O4)C2)c(O)c1.Cc1ccc(C2COc3c(ccc4c3CCC(C)(C)O4)C2)c(O)c1.Cc1ccc(C2COc3c(ccc4c3CCC(C)(C)O4)C2)c(O)c1.Cc1ccc(C2COc3c(ccc4c3CCC(C)(C)O4)C2)c(O)c1C. The molecule has 6 N–H and O–H groups in total. The van der Waals surface area contributed by atoms with Crippen LogP contribution >= 0.6 is 0 Å². The van der Waals surface area contributed by atoms with Gasteiger partial charge in [-0.05, 0) is 398 Å². The van der Waals surface area contributed by atoms with E-state index in [1.54, 1.807) is 0 Å². The first-order valence-electron chi connectivity index (χ1n) is 54.0. The van der Waals surface area contributed by atoms with Crippen molar-refractivity contribution in [2.45, 2.75) is 336 Å². The number of ether oxygens (including phenoxy) is 12. The van der Waals surface area contributed by atoms with Gasteiger partial charge in [-0.15, -0.1) is 0 Å². The van der Waals surface area contributed by atoms with Crippen LogP contribution in [0.25, 0.3) is 0 Å². The Bertz CT molecular complexity index is 6600. The van der Waals surface area contributed by atoms with Gasteiger partial charge in [-0.25, -0.2) is 0 Å². The molecule has 0 spiro atoms. The van der Waals surface area contributed by atoms with Gasteiger partial charge >= 0.3 is 0 Å². The van der Waals surface area contributed by atoms with E-state index in [0.717, 1.165) is 264 Å². The second kappa shape index (κ2) is 41.5. The fraction of sp³-hybridized carbons (Fsp3) is 0.446. The van der Waals surface area contributed by atoms with E-state index in [-0.39, 0.29) is 69.1 Å². The lowest BCUT2D eigenvalue weighted by molar-refractivity contribution is 0.0822. The van der Waals surface area contributed by atoms with E-state index in [4.69, 9.17) is 56.8 Å². The molecule has 780 valence electrons. The summed E-state index contributed by atoms with van der Waals surface area (Å²) < 4.78 is 73.7. The highest BCUT2D eigenvalue weighted by Gasteiger charge is 2.42. The number of phenolic OH excluding ortho intramolecular Hbond substituents is 6. The monoisotopic (exact) mass is 2000 g/mol. The highest BCUT2D eigenvalue weighted by molar-refractivity contribution is 5.62. The first-order chi connectivity index (χ1) is 70.4. The van der Waals surface area contributed by atoms with E-state index < -0.39 is 0 Å².